The van der Waals surface area contributed by atoms with Gasteiger partial charge >= 0.3 is 0 Å². The van der Waals surface area contributed by atoms with Gasteiger partial charge in [-0.05, 0) is 62.0 Å². The van der Waals surface area contributed by atoms with Crippen molar-refractivity contribution in [3.63, 3.8) is 0 Å². The van der Waals surface area contributed by atoms with E-state index < -0.39 is 33.9 Å². The van der Waals surface area contributed by atoms with Crippen molar-refractivity contribution in [3.05, 3.63) is 23.8 Å². The molecule has 0 aromatic carbocycles. The van der Waals surface area contributed by atoms with Crippen LogP contribution in [0.5, 0.6) is 0 Å². The Balaban J connectivity index is 1.59. The number of carbonyl (C=O) groups excluding carboxylic acids is 2. The third kappa shape index (κ3) is 3.14. The van der Waals surface area contributed by atoms with Crippen LogP contribution in [0.25, 0.3) is 0 Å². The van der Waals surface area contributed by atoms with E-state index in [1.54, 1.807) is 19.3 Å². The van der Waals surface area contributed by atoms with Crippen molar-refractivity contribution in [2.75, 3.05) is 19.0 Å². The smallest absolute Gasteiger partial charge is 0.284 e. The summed E-state index contributed by atoms with van der Waals surface area (Å²) in [6, 6.07) is 0. The molecule has 0 aromatic rings. The van der Waals surface area contributed by atoms with Gasteiger partial charge in [-0.3, -0.25) is 9.59 Å². The van der Waals surface area contributed by atoms with Gasteiger partial charge in [-0.2, -0.15) is 0 Å². The highest BCUT2D eigenvalue weighted by molar-refractivity contribution is 9.09. The normalized spacial score (nSPS) is 51.1. The van der Waals surface area contributed by atoms with Crippen LogP contribution in [0.1, 0.15) is 66.2 Å². The third-order valence-corrected chi connectivity index (χ3v) is 11.6. The molecule has 4 aliphatic carbocycles. The fourth-order valence-corrected chi connectivity index (χ4v) is 9.28. The summed E-state index contributed by atoms with van der Waals surface area (Å²) in [4.78, 5) is 26.0. The summed E-state index contributed by atoms with van der Waals surface area (Å²) in [6.07, 6.45) is 9.17. The van der Waals surface area contributed by atoms with Crippen LogP contribution >= 0.6 is 15.9 Å². The molecule has 1 aliphatic heterocycles. The zero-order valence-corrected chi connectivity index (χ0v) is 23.2. The summed E-state index contributed by atoms with van der Waals surface area (Å²) in [6.45, 7) is 8.62. The van der Waals surface area contributed by atoms with E-state index in [0.29, 0.717) is 12.8 Å². The van der Waals surface area contributed by atoms with Gasteiger partial charge in [0.1, 0.15) is 12.2 Å². The fraction of sp³-hybridized carbons (Fsp3) is 0.786. The summed E-state index contributed by atoms with van der Waals surface area (Å²) in [5.41, 5.74) is -1.34. The average molecular weight is 552 g/mol. The number of Topliss-reactive ketones (excluding diaryl/α,β-unsaturated/α-hetero) is 1. The van der Waals surface area contributed by atoms with E-state index in [1.165, 1.54) is 0 Å². The monoisotopic (exact) mass is 550 g/mol. The molecule has 1 heterocycles. The lowest BCUT2D eigenvalue weighted by Gasteiger charge is -2.66. The van der Waals surface area contributed by atoms with E-state index >= 15 is 0 Å². The molecule has 1 N–H and O–H groups in total. The van der Waals surface area contributed by atoms with Crippen LogP contribution in [0, 0.1) is 34.0 Å². The lowest BCUT2D eigenvalue weighted by atomic mass is 9.39. The number of aliphatic hydroxyl groups is 1. The number of fused-ring (bicyclic) bond motifs is 6. The molecular formula is C28H39BrO6. The van der Waals surface area contributed by atoms with Crippen molar-refractivity contribution < 1.29 is 28.9 Å². The maximum Gasteiger partial charge on any atom is 0.284 e. The van der Waals surface area contributed by atoms with Crippen LogP contribution in [0.4, 0.5) is 0 Å². The zero-order valence-electron chi connectivity index (χ0n) is 21.6. The number of allylic oxidation sites excluding steroid dienone is 4. The number of aliphatic hydroxyl groups excluding tert-OH is 1. The van der Waals surface area contributed by atoms with Crippen LogP contribution in [-0.4, -0.2) is 53.4 Å². The topological polar surface area (TPSA) is 82.1 Å². The van der Waals surface area contributed by atoms with E-state index in [0.717, 1.165) is 36.6 Å². The summed E-state index contributed by atoms with van der Waals surface area (Å²) < 4.78 is 18.5. The standard InChI is InChI=1S/C28H39BrO6/c1-17-13-21-20-8-7-18-14-19(30)9-11-24(18,2)26(20,4)22(31)15-25(21,3)28(17)23(32)16-34-27(33-5,35-28)10-6-12-29/h9,11,14,17,20-22,31H,6-8,10,12-13,15-16H2,1-5H3/t17-,20?,21?,22-,24-,25-,26+,27?,28-/m0/s1. The first-order valence-electron chi connectivity index (χ1n) is 13.0. The number of hydrogen-bond donors (Lipinski definition) is 1. The zero-order chi connectivity index (χ0) is 25.4. The molecule has 5 aliphatic rings. The maximum absolute atomic E-state index is 13.8. The molecule has 0 aromatic heterocycles. The Labute approximate surface area is 217 Å². The number of rotatable bonds is 4. The summed E-state index contributed by atoms with van der Waals surface area (Å²) in [5.74, 6) is -0.915. The molecule has 5 rings (SSSR count). The number of hydrogen-bond acceptors (Lipinski definition) is 6. The highest BCUT2D eigenvalue weighted by atomic mass is 79.9. The van der Waals surface area contributed by atoms with E-state index in [9.17, 15) is 14.7 Å². The van der Waals surface area contributed by atoms with E-state index in [2.05, 4.69) is 43.6 Å². The predicted octanol–water partition coefficient (Wildman–Crippen LogP) is 4.73. The number of methoxy groups -OCH3 is 1. The lowest BCUT2D eigenvalue weighted by Crippen LogP contribution is -2.70. The number of ketones is 2. The average Bonchev–Trinajstić information content (AvgIpc) is 3.03. The molecular weight excluding hydrogens is 512 g/mol. The molecule has 9 atom stereocenters. The molecule has 0 radical (unpaired) electrons. The van der Waals surface area contributed by atoms with Crippen LogP contribution in [-0.2, 0) is 23.8 Å². The van der Waals surface area contributed by atoms with Gasteiger partial charge in [-0.15, -0.1) is 0 Å². The van der Waals surface area contributed by atoms with E-state index in [4.69, 9.17) is 14.2 Å². The van der Waals surface area contributed by atoms with Gasteiger partial charge < -0.3 is 19.3 Å². The van der Waals surface area contributed by atoms with Gasteiger partial charge in [0.05, 0.1) is 6.10 Å². The van der Waals surface area contributed by atoms with Crippen molar-refractivity contribution in [1.29, 1.82) is 0 Å². The maximum atomic E-state index is 13.8. The van der Waals surface area contributed by atoms with E-state index in [-0.39, 0.29) is 35.9 Å². The van der Waals surface area contributed by atoms with Crippen molar-refractivity contribution in [2.24, 2.45) is 34.0 Å². The third-order valence-electron chi connectivity index (χ3n) is 11.0. The van der Waals surface area contributed by atoms with Gasteiger partial charge in [-0.1, -0.05) is 55.3 Å². The molecule has 0 amide bonds. The first-order chi connectivity index (χ1) is 16.4. The van der Waals surface area contributed by atoms with Gasteiger partial charge in [0, 0.05) is 35.1 Å². The predicted molar refractivity (Wildman–Crippen MR) is 135 cm³/mol. The number of carbonyl (C=O) groups is 2. The lowest BCUT2D eigenvalue weighted by molar-refractivity contribution is -0.431. The number of alkyl halides is 1. The molecule has 35 heavy (non-hydrogen) atoms. The number of halogens is 1. The summed E-state index contributed by atoms with van der Waals surface area (Å²) in [7, 11) is 1.58. The SMILES string of the molecule is COC1(CCCBr)OCC(=O)[C@@]2(O1)[C@@H](C)CC1C3CCC4=CC(=O)C=C[C@]4(C)[C@@]3(C)[C@@H](O)C[C@@]12C. The second kappa shape index (κ2) is 8.32. The van der Waals surface area contributed by atoms with Gasteiger partial charge in [-0.25, -0.2) is 0 Å². The second-order valence-corrected chi connectivity index (χ2v) is 12.9. The van der Waals surface area contributed by atoms with Crippen molar-refractivity contribution in [2.45, 2.75) is 83.9 Å². The summed E-state index contributed by atoms with van der Waals surface area (Å²) in [5, 5.41) is 12.8. The quantitative estimate of drug-likeness (QED) is 0.509. The molecule has 1 spiro atoms. The Morgan fingerprint density at radius 1 is 1.23 bits per heavy atom. The molecule has 7 heteroatoms. The minimum absolute atomic E-state index is 0.0312. The van der Waals surface area contributed by atoms with Crippen molar-refractivity contribution in [3.8, 4) is 0 Å². The van der Waals surface area contributed by atoms with Crippen LogP contribution in [0.15, 0.2) is 23.8 Å². The molecule has 1 saturated heterocycles. The highest BCUT2D eigenvalue weighted by Gasteiger charge is 2.76. The van der Waals surface area contributed by atoms with Crippen LogP contribution < -0.4 is 0 Å². The highest BCUT2D eigenvalue weighted by Crippen LogP contribution is 2.74. The van der Waals surface area contributed by atoms with Crippen LogP contribution in [0.2, 0.25) is 0 Å². The minimum atomic E-state index is -1.26. The molecule has 3 saturated carbocycles. The number of ether oxygens (including phenoxy) is 3. The Hall–Kier alpha value is -0.860. The molecule has 3 unspecified atom stereocenters. The molecule has 6 nitrogen and oxygen atoms in total. The van der Waals surface area contributed by atoms with Gasteiger partial charge in [0.15, 0.2) is 11.6 Å². The van der Waals surface area contributed by atoms with Crippen molar-refractivity contribution >= 4 is 27.5 Å². The first kappa shape index (κ1) is 25.8. The Morgan fingerprint density at radius 3 is 2.66 bits per heavy atom. The summed E-state index contributed by atoms with van der Waals surface area (Å²) >= 11 is 3.49. The molecule has 0 bridgehead atoms. The minimum Gasteiger partial charge on any atom is -0.392 e. The Kier molecular flexibility index (Phi) is 6.13. The first-order valence-corrected chi connectivity index (χ1v) is 14.2. The fourth-order valence-electron chi connectivity index (χ4n) is 9.00. The van der Waals surface area contributed by atoms with Crippen molar-refractivity contribution in [1.82, 2.24) is 0 Å². The van der Waals surface area contributed by atoms with Crippen LogP contribution in [0.3, 0.4) is 0 Å². The van der Waals surface area contributed by atoms with Gasteiger partial charge in [0.25, 0.3) is 5.97 Å². The van der Waals surface area contributed by atoms with E-state index in [1.807, 2.05) is 6.08 Å². The Bertz CT molecular complexity index is 992. The largest absolute Gasteiger partial charge is 0.392 e. The second-order valence-electron chi connectivity index (χ2n) is 12.1. The van der Waals surface area contributed by atoms with Gasteiger partial charge in [0.2, 0.25) is 0 Å². The Morgan fingerprint density at radius 2 is 1.97 bits per heavy atom. The molecule has 4 fully saturated rings. The molecule has 194 valence electrons.